The van der Waals surface area contributed by atoms with Gasteiger partial charge in [0.05, 0.1) is 5.60 Å². The molecule has 2 atom stereocenters. The van der Waals surface area contributed by atoms with Gasteiger partial charge >= 0.3 is 0 Å². The second-order valence-electron chi connectivity index (χ2n) is 6.78. The van der Waals surface area contributed by atoms with Crippen LogP contribution in [0.2, 0.25) is 0 Å². The smallest absolute Gasteiger partial charge is 0.0750 e. The lowest BCUT2D eigenvalue weighted by molar-refractivity contribution is -0.0109. The van der Waals surface area contributed by atoms with Crippen molar-refractivity contribution in [2.24, 2.45) is 11.8 Å². The highest BCUT2D eigenvalue weighted by atomic mass is 16.5. The average Bonchev–Trinajstić information content (AvgIpc) is 2.51. The summed E-state index contributed by atoms with van der Waals surface area (Å²) in [6, 6.07) is 0.702. The van der Waals surface area contributed by atoms with Gasteiger partial charge in [-0.15, -0.1) is 0 Å². The molecule has 18 heavy (non-hydrogen) atoms. The number of rotatable bonds is 6. The summed E-state index contributed by atoms with van der Waals surface area (Å²) in [5.41, 5.74) is -0.0293. The first kappa shape index (κ1) is 16.0. The van der Waals surface area contributed by atoms with Crippen molar-refractivity contribution in [3.05, 3.63) is 0 Å². The summed E-state index contributed by atoms with van der Waals surface area (Å²) in [5, 5.41) is 3.72. The lowest BCUT2D eigenvalue weighted by Gasteiger charge is -2.28. The molecule has 0 radical (unpaired) electrons. The minimum atomic E-state index is -0.0293. The maximum atomic E-state index is 5.75. The van der Waals surface area contributed by atoms with E-state index in [2.05, 4.69) is 39.9 Å². The van der Waals surface area contributed by atoms with Gasteiger partial charge in [0, 0.05) is 19.2 Å². The van der Waals surface area contributed by atoms with Crippen LogP contribution in [0.4, 0.5) is 0 Å². The standard InChI is InChI=1S/C16H33NO/c1-6-18-16(4,5)12-17-15-9-7-8-14(10-11-15)13(2)3/h13-15,17H,6-12H2,1-5H3. The van der Waals surface area contributed by atoms with Gasteiger partial charge in [-0.3, -0.25) is 0 Å². The minimum absolute atomic E-state index is 0.0293. The van der Waals surface area contributed by atoms with E-state index in [9.17, 15) is 0 Å². The van der Waals surface area contributed by atoms with Crippen LogP contribution >= 0.6 is 0 Å². The zero-order valence-corrected chi connectivity index (χ0v) is 13.1. The predicted octanol–water partition coefficient (Wildman–Crippen LogP) is 4.00. The molecule has 1 saturated carbocycles. The second kappa shape index (κ2) is 7.49. The average molecular weight is 255 g/mol. The second-order valence-corrected chi connectivity index (χ2v) is 6.78. The molecule has 1 aliphatic rings. The Balaban J connectivity index is 2.31. The molecule has 2 nitrogen and oxygen atoms in total. The molecule has 0 bridgehead atoms. The van der Waals surface area contributed by atoms with Crippen LogP contribution in [-0.4, -0.2) is 24.8 Å². The molecule has 2 unspecified atom stereocenters. The summed E-state index contributed by atoms with van der Waals surface area (Å²) in [5.74, 6) is 1.79. The molecule has 1 N–H and O–H groups in total. The van der Waals surface area contributed by atoms with Crippen molar-refractivity contribution in [2.45, 2.75) is 78.4 Å². The van der Waals surface area contributed by atoms with Gasteiger partial charge in [-0.2, -0.15) is 0 Å². The number of hydrogen-bond donors (Lipinski definition) is 1. The molecule has 1 aliphatic carbocycles. The number of ether oxygens (including phenoxy) is 1. The molecule has 0 heterocycles. The van der Waals surface area contributed by atoms with Gasteiger partial charge in [0.15, 0.2) is 0 Å². The monoisotopic (exact) mass is 255 g/mol. The molecular formula is C16H33NO. The van der Waals surface area contributed by atoms with Gasteiger partial charge < -0.3 is 10.1 Å². The van der Waals surface area contributed by atoms with Crippen LogP contribution in [0.3, 0.4) is 0 Å². The zero-order valence-electron chi connectivity index (χ0n) is 13.1. The quantitative estimate of drug-likeness (QED) is 0.724. The van der Waals surface area contributed by atoms with Crippen molar-refractivity contribution in [1.82, 2.24) is 5.32 Å². The van der Waals surface area contributed by atoms with Gasteiger partial charge in [0.25, 0.3) is 0 Å². The van der Waals surface area contributed by atoms with E-state index in [4.69, 9.17) is 4.74 Å². The van der Waals surface area contributed by atoms with Crippen molar-refractivity contribution in [3.8, 4) is 0 Å². The molecule has 0 aromatic carbocycles. The summed E-state index contributed by atoms with van der Waals surface area (Å²) in [7, 11) is 0. The third-order valence-electron chi connectivity index (χ3n) is 4.31. The van der Waals surface area contributed by atoms with Crippen LogP contribution in [0, 0.1) is 11.8 Å². The van der Waals surface area contributed by atoms with Crippen LogP contribution < -0.4 is 5.32 Å². The van der Waals surface area contributed by atoms with E-state index in [1.807, 2.05) is 0 Å². The highest BCUT2D eigenvalue weighted by molar-refractivity contribution is 4.80. The van der Waals surface area contributed by atoms with Crippen LogP contribution in [-0.2, 0) is 4.74 Å². The van der Waals surface area contributed by atoms with Crippen LogP contribution in [0.1, 0.15) is 66.7 Å². The largest absolute Gasteiger partial charge is 0.375 e. The molecule has 1 rings (SSSR count). The normalized spacial score (nSPS) is 26.3. The Labute approximate surface area is 114 Å². The highest BCUT2D eigenvalue weighted by Gasteiger charge is 2.23. The fourth-order valence-corrected chi connectivity index (χ4v) is 3.03. The Morgan fingerprint density at radius 3 is 2.50 bits per heavy atom. The molecule has 0 spiro atoms. The van der Waals surface area contributed by atoms with Gasteiger partial charge in [-0.25, -0.2) is 0 Å². The van der Waals surface area contributed by atoms with Crippen LogP contribution in [0.15, 0.2) is 0 Å². The maximum Gasteiger partial charge on any atom is 0.0750 e. The molecule has 0 aliphatic heterocycles. The molecule has 1 fully saturated rings. The SMILES string of the molecule is CCOC(C)(C)CNC1CCCC(C(C)C)CC1. The fraction of sp³-hybridized carbons (Fsp3) is 1.00. The van der Waals surface area contributed by atoms with Crippen LogP contribution in [0.25, 0.3) is 0 Å². The summed E-state index contributed by atoms with van der Waals surface area (Å²) < 4.78 is 5.75. The Bertz CT molecular complexity index is 225. The molecule has 108 valence electrons. The first-order chi connectivity index (χ1) is 8.44. The van der Waals surface area contributed by atoms with E-state index < -0.39 is 0 Å². The van der Waals surface area contributed by atoms with Crippen LogP contribution in [0.5, 0.6) is 0 Å². The van der Waals surface area contributed by atoms with Gasteiger partial charge in [0.1, 0.15) is 0 Å². The Hall–Kier alpha value is -0.0800. The molecule has 0 saturated heterocycles. The number of nitrogens with one attached hydrogen (secondary N) is 1. The predicted molar refractivity (Wildman–Crippen MR) is 78.9 cm³/mol. The van der Waals surface area contributed by atoms with Gasteiger partial charge in [-0.1, -0.05) is 26.7 Å². The first-order valence-corrected chi connectivity index (χ1v) is 7.82. The first-order valence-electron chi connectivity index (χ1n) is 7.82. The highest BCUT2D eigenvalue weighted by Crippen LogP contribution is 2.28. The van der Waals surface area contributed by atoms with Crippen molar-refractivity contribution in [1.29, 1.82) is 0 Å². The molecule has 0 aromatic heterocycles. The van der Waals surface area contributed by atoms with Crippen molar-refractivity contribution in [2.75, 3.05) is 13.2 Å². The molecule has 0 aromatic rings. The Morgan fingerprint density at radius 2 is 1.89 bits per heavy atom. The van der Waals surface area contributed by atoms with E-state index in [-0.39, 0.29) is 5.60 Å². The summed E-state index contributed by atoms with van der Waals surface area (Å²) in [6.45, 7) is 12.9. The van der Waals surface area contributed by atoms with Gasteiger partial charge in [0.2, 0.25) is 0 Å². The van der Waals surface area contributed by atoms with E-state index in [0.717, 1.165) is 25.0 Å². The molecule has 0 amide bonds. The third-order valence-corrected chi connectivity index (χ3v) is 4.31. The fourth-order valence-electron chi connectivity index (χ4n) is 3.03. The Morgan fingerprint density at radius 1 is 1.17 bits per heavy atom. The minimum Gasteiger partial charge on any atom is -0.375 e. The maximum absolute atomic E-state index is 5.75. The number of hydrogen-bond acceptors (Lipinski definition) is 2. The topological polar surface area (TPSA) is 21.3 Å². The summed E-state index contributed by atoms with van der Waals surface area (Å²) in [6.07, 6.45) is 6.88. The van der Waals surface area contributed by atoms with Crippen molar-refractivity contribution < 1.29 is 4.74 Å². The third kappa shape index (κ3) is 5.71. The van der Waals surface area contributed by atoms with E-state index in [0.29, 0.717) is 6.04 Å². The zero-order chi connectivity index (χ0) is 13.6. The lowest BCUT2D eigenvalue weighted by atomic mass is 9.89. The van der Waals surface area contributed by atoms with E-state index in [1.165, 1.54) is 32.1 Å². The van der Waals surface area contributed by atoms with Crippen molar-refractivity contribution >= 4 is 0 Å². The Kier molecular flexibility index (Phi) is 6.65. The van der Waals surface area contributed by atoms with Gasteiger partial charge in [-0.05, 0) is 51.9 Å². The van der Waals surface area contributed by atoms with E-state index in [1.54, 1.807) is 0 Å². The lowest BCUT2D eigenvalue weighted by Crippen LogP contribution is -2.42. The summed E-state index contributed by atoms with van der Waals surface area (Å²) >= 11 is 0. The molecular weight excluding hydrogens is 222 g/mol. The summed E-state index contributed by atoms with van der Waals surface area (Å²) in [4.78, 5) is 0. The van der Waals surface area contributed by atoms with Crippen molar-refractivity contribution in [3.63, 3.8) is 0 Å². The molecule has 2 heteroatoms. The van der Waals surface area contributed by atoms with E-state index >= 15 is 0 Å².